The molecule has 18 heavy (non-hydrogen) atoms. The second kappa shape index (κ2) is 6.53. The predicted molar refractivity (Wildman–Crippen MR) is 73.0 cm³/mol. The van der Waals surface area contributed by atoms with Crippen LogP contribution in [0.2, 0.25) is 5.02 Å². The summed E-state index contributed by atoms with van der Waals surface area (Å²) in [5, 5.41) is 4.27. The van der Waals surface area contributed by atoms with E-state index in [1.807, 2.05) is 12.1 Å². The summed E-state index contributed by atoms with van der Waals surface area (Å²) < 4.78 is 10.3. The van der Waals surface area contributed by atoms with Crippen LogP contribution in [0.15, 0.2) is 24.3 Å². The average molecular weight is 270 g/mol. The van der Waals surface area contributed by atoms with Crippen LogP contribution < -0.4 is 5.32 Å². The molecule has 0 radical (unpaired) electrons. The molecule has 1 fully saturated rings. The van der Waals surface area contributed by atoms with Gasteiger partial charge in [0.15, 0.2) is 6.29 Å². The molecule has 0 aliphatic heterocycles. The molecule has 100 valence electrons. The van der Waals surface area contributed by atoms with Gasteiger partial charge in [-0.05, 0) is 36.5 Å². The molecule has 1 aliphatic carbocycles. The summed E-state index contributed by atoms with van der Waals surface area (Å²) in [4.78, 5) is 0. The Labute approximate surface area is 113 Å². The molecule has 0 aromatic heterocycles. The van der Waals surface area contributed by atoms with Gasteiger partial charge in [0, 0.05) is 31.8 Å². The van der Waals surface area contributed by atoms with Crippen LogP contribution in [-0.4, -0.2) is 33.1 Å². The Morgan fingerprint density at radius 2 is 2.06 bits per heavy atom. The van der Waals surface area contributed by atoms with E-state index in [1.165, 1.54) is 5.56 Å². The third-order valence-corrected chi connectivity index (χ3v) is 3.79. The van der Waals surface area contributed by atoms with Crippen LogP contribution in [-0.2, 0) is 9.47 Å². The molecule has 1 aromatic carbocycles. The van der Waals surface area contributed by atoms with Crippen molar-refractivity contribution in [2.24, 2.45) is 0 Å². The zero-order valence-corrected chi connectivity index (χ0v) is 11.6. The molecule has 1 saturated carbocycles. The Bertz CT molecular complexity index is 376. The van der Waals surface area contributed by atoms with Crippen molar-refractivity contribution in [2.75, 3.05) is 20.8 Å². The first-order valence-electron chi connectivity index (χ1n) is 6.27. The van der Waals surface area contributed by atoms with E-state index in [4.69, 9.17) is 21.1 Å². The van der Waals surface area contributed by atoms with E-state index in [-0.39, 0.29) is 6.29 Å². The fourth-order valence-electron chi connectivity index (χ4n) is 2.34. The number of hydrogen-bond donors (Lipinski definition) is 1. The molecule has 0 heterocycles. The Balaban J connectivity index is 1.74. The minimum atomic E-state index is -0.157. The summed E-state index contributed by atoms with van der Waals surface area (Å²) in [6.07, 6.45) is 2.15. The summed E-state index contributed by atoms with van der Waals surface area (Å²) in [6, 6.07) is 8.71. The topological polar surface area (TPSA) is 30.5 Å². The normalized spacial score (nSPS) is 23.1. The highest BCUT2D eigenvalue weighted by Crippen LogP contribution is 2.37. The molecule has 0 saturated heterocycles. The van der Waals surface area contributed by atoms with Crippen LogP contribution >= 0.6 is 11.6 Å². The summed E-state index contributed by atoms with van der Waals surface area (Å²) in [7, 11) is 3.32. The SMILES string of the molecule is COC(CNC1CC(c2cccc(Cl)c2)C1)OC. The molecule has 3 nitrogen and oxygen atoms in total. The number of nitrogens with one attached hydrogen (secondary N) is 1. The van der Waals surface area contributed by atoms with Gasteiger partial charge in [-0.15, -0.1) is 0 Å². The molecule has 2 rings (SSSR count). The number of benzene rings is 1. The number of halogens is 1. The highest BCUT2D eigenvalue weighted by atomic mass is 35.5. The van der Waals surface area contributed by atoms with Gasteiger partial charge in [0.1, 0.15) is 0 Å². The predicted octanol–water partition coefficient (Wildman–Crippen LogP) is 2.79. The molecule has 0 atom stereocenters. The summed E-state index contributed by atoms with van der Waals surface area (Å²) in [5.74, 6) is 0.629. The summed E-state index contributed by atoms with van der Waals surface area (Å²) in [6.45, 7) is 0.736. The summed E-state index contributed by atoms with van der Waals surface area (Å²) in [5.41, 5.74) is 1.34. The second-order valence-corrected chi connectivity index (χ2v) is 5.17. The van der Waals surface area contributed by atoms with E-state index >= 15 is 0 Å². The highest BCUT2D eigenvalue weighted by molar-refractivity contribution is 6.30. The zero-order valence-electron chi connectivity index (χ0n) is 10.9. The average Bonchev–Trinajstić information content (AvgIpc) is 2.32. The van der Waals surface area contributed by atoms with Gasteiger partial charge in [0.05, 0.1) is 0 Å². The molecule has 4 heteroatoms. The molecule has 0 spiro atoms. The Hall–Kier alpha value is -0.610. The van der Waals surface area contributed by atoms with E-state index in [0.717, 1.165) is 24.4 Å². The molecule has 1 aliphatic rings. The van der Waals surface area contributed by atoms with Crippen molar-refractivity contribution in [3.05, 3.63) is 34.9 Å². The van der Waals surface area contributed by atoms with Crippen LogP contribution in [0.25, 0.3) is 0 Å². The van der Waals surface area contributed by atoms with E-state index in [9.17, 15) is 0 Å². The van der Waals surface area contributed by atoms with Gasteiger partial charge in [-0.25, -0.2) is 0 Å². The molecule has 1 N–H and O–H groups in total. The first-order valence-corrected chi connectivity index (χ1v) is 6.65. The molecule has 1 aromatic rings. The molecular weight excluding hydrogens is 250 g/mol. The Kier molecular flexibility index (Phi) is 5.01. The number of rotatable bonds is 6. The summed E-state index contributed by atoms with van der Waals surface area (Å²) >= 11 is 6.00. The largest absolute Gasteiger partial charge is 0.355 e. The quantitative estimate of drug-likeness (QED) is 0.806. The number of ether oxygens (including phenoxy) is 2. The van der Waals surface area contributed by atoms with Crippen molar-refractivity contribution in [3.8, 4) is 0 Å². The van der Waals surface area contributed by atoms with Gasteiger partial charge in [0.2, 0.25) is 0 Å². The third-order valence-electron chi connectivity index (χ3n) is 3.56. The van der Waals surface area contributed by atoms with Crippen LogP contribution in [0, 0.1) is 0 Å². The number of hydrogen-bond acceptors (Lipinski definition) is 3. The molecule has 0 amide bonds. The lowest BCUT2D eigenvalue weighted by Crippen LogP contribution is -2.44. The van der Waals surface area contributed by atoms with Crippen LogP contribution in [0.4, 0.5) is 0 Å². The van der Waals surface area contributed by atoms with Gasteiger partial charge in [-0.1, -0.05) is 23.7 Å². The van der Waals surface area contributed by atoms with E-state index in [0.29, 0.717) is 12.0 Å². The van der Waals surface area contributed by atoms with E-state index < -0.39 is 0 Å². The molecule has 0 bridgehead atoms. The zero-order chi connectivity index (χ0) is 13.0. The van der Waals surface area contributed by atoms with E-state index in [2.05, 4.69) is 17.4 Å². The van der Waals surface area contributed by atoms with Gasteiger partial charge in [-0.3, -0.25) is 0 Å². The molecule has 0 unspecified atom stereocenters. The third kappa shape index (κ3) is 3.45. The lowest BCUT2D eigenvalue weighted by Gasteiger charge is -2.37. The van der Waals surface area contributed by atoms with Crippen molar-refractivity contribution in [1.29, 1.82) is 0 Å². The van der Waals surface area contributed by atoms with Crippen molar-refractivity contribution in [1.82, 2.24) is 5.32 Å². The number of methoxy groups -OCH3 is 2. The first-order chi connectivity index (χ1) is 8.72. The van der Waals surface area contributed by atoms with Crippen LogP contribution in [0.3, 0.4) is 0 Å². The van der Waals surface area contributed by atoms with Gasteiger partial charge in [-0.2, -0.15) is 0 Å². The van der Waals surface area contributed by atoms with Crippen molar-refractivity contribution < 1.29 is 9.47 Å². The molecular formula is C14H20ClNO2. The van der Waals surface area contributed by atoms with Crippen molar-refractivity contribution in [3.63, 3.8) is 0 Å². The lowest BCUT2D eigenvalue weighted by atomic mass is 9.76. The fourth-order valence-corrected chi connectivity index (χ4v) is 2.54. The Morgan fingerprint density at radius 1 is 1.33 bits per heavy atom. The monoisotopic (exact) mass is 269 g/mol. The fraction of sp³-hybridized carbons (Fsp3) is 0.571. The van der Waals surface area contributed by atoms with Gasteiger partial charge in [0.25, 0.3) is 0 Å². The second-order valence-electron chi connectivity index (χ2n) is 4.73. The maximum atomic E-state index is 6.00. The van der Waals surface area contributed by atoms with Crippen LogP contribution in [0.5, 0.6) is 0 Å². The first kappa shape index (κ1) is 13.8. The highest BCUT2D eigenvalue weighted by Gasteiger charge is 2.30. The maximum Gasteiger partial charge on any atom is 0.169 e. The minimum Gasteiger partial charge on any atom is -0.355 e. The smallest absolute Gasteiger partial charge is 0.169 e. The standard InChI is InChI=1S/C14H20ClNO2/c1-17-14(18-2)9-16-13-7-11(8-13)10-4-3-5-12(15)6-10/h3-6,11,13-14,16H,7-9H2,1-2H3. The van der Waals surface area contributed by atoms with Crippen molar-refractivity contribution >= 4 is 11.6 Å². The van der Waals surface area contributed by atoms with Gasteiger partial charge >= 0.3 is 0 Å². The van der Waals surface area contributed by atoms with Gasteiger partial charge < -0.3 is 14.8 Å². The van der Waals surface area contributed by atoms with Crippen molar-refractivity contribution in [2.45, 2.75) is 31.1 Å². The Morgan fingerprint density at radius 3 is 2.67 bits per heavy atom. The van der Waals surface area contributed by atoms with Crippen LogP contribution in [0.1, 0.15) is 24.3 Å². The maximum absolute atomic E-state index is 6.00. The van der Waals surface area contributed by atoms with E-state index in [1.54, 1.807) is 14.2 Å². The minimum absolute atomic E-state index is 0.157. The lowest BCUT2D eigenvalue weighted by molar-refractivity contribution is -0.101.